The number of carbonyl (C=O) groups excluding carboxylic acids is 1. The largest absolute Gasteiger partial charge is 0.480 e. The molecule has 1 aliphatic rings. The standard InChI is InChI=1S/C12H22N2O4/c1-9-3-2-4-10(7-9)14-12(17)13-5-6-18-8-11(15)16/h9-10H,2-8H2,1H3,(H,15,16)(H2,13,14,17). The molecule has 0 aliphatic heterocycles. The monoisotopic (exact) mass is 258 g/mol. The lowest BCUT2D eigenvalue weighted by atomic mass is 9.87. The van der Waals surface area contributed by atoms with Crippen LogP contribution in [0.2, 0.25) is 0 Å². The Morgan fingerprint density at radius 3 is 2.83 bits per heavy atom. The third-order valence-electron chi connectivity index (χ3n) is 3.03. The van der Waals surface area contributed by atoms with Gasteiger partial charge >= 0.3 is 12.0 Å². The highest BCUT2D eigenvalue weighted by atomic mass is 16.5. The van der Waals surface area contributed by atoms with Crippen LogP contribution in [0.15, 0.2) is 0 Å². The van der Waals surface area contributed by atoms with Gasteiger partial charge in [0.2, 0.25) is 0 Å². The van der Waals surface area contributed by atoms with Crippen molar-refractivity contribution >= 4 is 12.0 Å². The van der Waals surface area contributed by atoms with Gasteiger partial charge in [-0.15, -0.1) is 0 Å². The molecule has 1 fully saturated rings. The summed E-state index contributed by atoms with van der Waals surface area (Å²) in [5, 5.41) is 13.9. The summed E-state index contributed by atoms with van der Waals surface area (Å²) in [6, 6.07) is 0.0571. The molecular formula is C12H22N2O4. The van der Waals surface area contributed by atoms with Crippen molar-refractivity contribution in [2.75, 3.05) is 19.8 Å². The summed E-state index contributed by atoms with van der Waals surface area (Å²) >= 11 is 0. The predicted molar refractivity (Wildman–Crippen MR) is 66.4 cm³/mol. The molecule has 104 valence electrons. The fraction of sp³-hybridized carbons (Fsp3) is 0.833. The summed E-state index contributed by atoms with van der Waals surface area (Å²) in [5.74, 6) is -0.335. The van der Waals surface area contributed by atoms with E-state index in [-0.39, 0.29) is 25.3 Å². The van der Waals surface area contributed by atoms with Crippen LogP contribution in [0.1, 0.15) is 32.6 Å². The number of hydrogen-bond donors (Lipinski definition) is 3. The number of urea groups is 1. The average Bonchev–Trinajstić information content (AvgIpc) is 2.28. The molecular weight excluding hydrogens is 236 g/mol. The molecule has 0 aromatic rings. The lowest BCUT2D eigenvalue weighted by molar-refractivity contribution is -0.142. The van der Waals surface area contributed by atoms with Crippen LogP contribution in [0.4, 0.5) is 4.79 Å². The maximum absolute atomic E-state index is 11.5. The molecule has 1 rings (SSSR count). The van der Waals surface area contributed by atoms with Gasteiger partial charge in [-0.2, -0.15) is 0 Å². The smallest absolute Gasteiger partial charge is 0.329 e. The van der Waals surface area contributed by atoms with E-state index in [0.717, 1.165) is 19.3 Å². The zero-order valence-electron chi connectivity index (χ0n) is 10.8. The SMILES string of the molecule is CC1CCCC(NC(=O)NCCOCC(=O)O)C1. The second-order valence-electron chi connectivity index (χ2n) is 4.82. The Labute approximate surface area is 107 Å². The first-order valence-corrected chi connectivity index (χ1v) is 6.42. The highest BCUT2D eigenvalue weighted by Crippen LogP contribution is 2.23. The van der Waals surface area contributed by atoms with E-state index in [2.05, 4.69) is 17.6 Å². The summed E-state index contributed by atoms with van der Waals surface area (Å²) in [6.45, 7) is 2.40. The van der Waals surface area contributed by atoms with Crippen LogP contribution in [0, 0.1) is 5.92 Å². The van der Waals surface area contributed by atoms with Gasteiger partial charge in [-0.3, -0.25) is 0 Å². The third-order valence-corrected chi connectivity index (χ3v) is 3.03. The van der Waals surface area contributed by atoms with Gasteiger partial charge in [0.15, 0.2) is 0 Å². The van der Waals surface area contributed by atoms with Crippen LogP contribution in [0.3, 0.4) is 0 Å². The number of carboxylic acids is 1. The molecule has 0 bridgehead atoms. The number of ether oxygens (including phenoxy) is 1. The molecule has 18 heavy (non-hydrogen) atoms. The molecule has 1 saturated carbocycles. The maximum Gasteiger partial charge on any atom is 0.329 e. The summed E-state index contributed by atoms with van der Waals surface area (Å²) in [4.78, 5) is 21.7. The van der Waals surface area contributed by atoms with E-state index in [1.54, 1.807) is 0 Å². The van der Waals surface area contributed by atoms with Crippen LogP contribution in [-0.4, -0.2) is 42.9 Å². The normalized spacial score (nSPS) is 23.4. The first kappa shape index (κ1) is 14.8. The topological polar surface area (TPSA) is 87.7 Å². The lowest BCUT2D eigenvalue weighted by Gasteiger charge is -2.27. The van der Waals surface area contributed by atoms with E-state index >= 15 is 0 Å². The van der Waals surface area contributed by atoms with Gasteiger partial charge in [0.1, 0.15) is 6.61 Å². The van der Waals surface area contributed by atoms with Gasteiger partial charge in [-0.1, -0.05) is 19.8 Å². The summed E-state index contributed by atoms with van der Waals surface area (Å²) in [5.41, 5.74) is 0. The van der Waals surface area contributed by atoms with Crippen molar-refractivity contribution in [2.45, 2.75) is 38.6 Å². The summed E-state index contributed by atoms with van der Waals surface area (Å²) in [6.07, 6.45) is 4.47. The van der Waals surface area contributed by atoms with Gasteiger partial charge in [0.25, 0.3) is 0 Å². The van der Waals surface area contributed by atoms with Crippen molar-refractivity contribution in [1.82, 2.24) is 10.6 Å². The van der Waals surface area contributed by atoms with Crippen molar-refractivity contribution in [2.24, 2.45) is 5.92 Å². The maximum atomic E-state index is 11.5. The quantitative estimate of drug-likeness (QED) is 0.619. The van der Waals surface area contributed by atoms with E-state index in [4.69, 9.17) is 9.84 Å². The van der Waals surface area contributed by atoms with Crippen molar-refractivity contribution in [3.63, 3.8) is 0 Å². The van der Waals surface area contributed by atoms with Crippen LogP contribution in [0.25, 0.3) is 0 Å². The molecule has 3 N–H and O–H groups in total. The van der Waals surface area contributed by atoms with Gasteiger partial charge in [0, 0.05) is 12.6 Å². The third kappa shape index (κ3) is 6.44. The van der Waals surface area contributed by atoms with Crippen LogP contribution >= 0.6 is 0 Å². The molecule has 2 amide bonds. The Kier molecular flexibility index (Phi) is 6.49. The van der Waals surface area contributed by atoms with E-state index in [1.165, 1.54) is 6.42 Å². The minimum atomic E-state index is -1.00. The van der Waals surface area contributed by atoms with Crippen molar-refractivity contribution in [3.8, 4) is 0 Å². The highest BCUT2D eigenvalue weighted by molar-refractivity contribution is 5.74. The molecule has 0 heterocycles. The van der Waals surface area contributed by atoms with Crippen molar-refractivity contribution < 1.29 is 19.4 Å². The number of rotatable bonds is 6. The minimum Gasteiger partial charge on any atom is -0.480 e. The van der Waals surface area contributed by atoms with E-state index in [9.17, 15) is 9.59 Å². The summed E-state index contributed by atoms with van der Waals surface area (Å²) < 4.78 is 4.81. The Hall–Kier alpha value is -1.30. The number of hydrogen-bond acceptors (Lipinski definition) is 3. The van der Waals surface area contributed by atoms with Crippen molar-refractivity contribution in [1.29, 1.82) is 0 Å². The molecule has 0 aromatic heterocycles. The van der Waals surface area contributed by atoms with Gasteiger partial charge in [0.05, 0.1) is 6.61 Å². The summed E-state index contributed by atoms with van der Waals surface area (Å²) in [7, 11) is 0. The van der Waals surface area contributed by atoms with E-state index in [1.807, 2.05) is 0 Å². The zero-order valence-corrected chi connectivity index (χ0v) is 10.8. The number of carbonyl (C=O) groups is 2. The van der Waals surface area contributed by atoms with Gasteiger partial charge in [-0.05, 0) is 18.8 Å². The number of carboxylic acid groups (broad SMARTS) is 1. The molecule has 1 aliphatic carbocycles. The molecule has 0 spiro atoms. The van der Waals surface area contributed by atoms with Gasteiger partial charge < -0.3 is 20.5 Å². The minimum absolute atomic E-state index is 0.201. The number of amides is 2. The Morgan fingerprint density at radius 1 is 1.39 bits per heavy atom. The molecule has 2 atom stereocenters. The first-order valence-electron chi connectivity index (χ1n) is 6.42. The van der Waals surface area contributed by atoms with Gasteiger partial charge in [-0.25, -0.2) is 9.59 Å². The molecule has 6 nitrogen and oxygen atoms in total. The fourth-order valence-electron chi connectivity index (χ4n) is 2.20. The fourth-order valence-corrected chi connectivity index (χ4v) is 2.20. The van der Waals surface area contributed by atoms with Crippen molar-refractivity contribution in [3.05, 3.63) is 0 Å². The van der Waals surface area contributed by atoms with E-state index < -0.39 is 5.97 Å². The Morgan fingerprint density at radius 2 is 2.17 bits per heavy atom. The number of aliphatic carboxylic acids is 1. The molecule has 6 heteroatoms. The Balaban J connectivity index is 2.04. The van der Waals surface area contributed by atoms with Crippen LogP contribution < -0.4 is 10.6 Å². The first-order chi connectivity index (χ1) is 8.58. The second kappa shape index (κ2) is 7.92. The van der Waals surface area contributed by atoms with Crippen LogP contribution in [-0.2, 0) is 9.53 Å². The number of nitrogens with one attached hydrogen (secondary N) is 2. The second-order valence-corrected chi connectivity index (χ2v) is 4.82. The molecule has 0 saturated heterocycles. The van der Waals surface area contributed by atoms with E-state index in [0.29, 0.717) is 12.5 Å². The Bertz CT molecular complexity index is 283. The molecule has 0 aromatic carbocycles. The molecule has 0 radical (unpaired) electrons. The van der Waals surface area contributed by atoms with Crippen LogP contribution in [0.5, 0.6) is 0 Å². The average molecular weight is 258 g/mol. The lowest BCUT2D eigenvalue weighted by Crippen LogP contribution is -2.44. The molecule has 2 unspecified atom stereocenters. The predicted octanol–water partition coefficient (Wildman–Crippen LogP) is 0.965. The zero-order chi connectivity index (χ0) is 13.4. The highest BCUT2D eigenvalue weighted by Gasteiger charge is 2.19.